The van der Waals surface area contributed by atoms with Gasteiger partial charge in [0.05, 0.1) is 5.54 Å². The van der Waals surface area contributed by atoms with Gasteiger partial charge in [0.1, 0.15) is 0 Å². The fourth-order valence-corrected chi connectivity index (χ4v) is 13.3. The summed E-state index contributed by atoms with van der Waals surface area (Å²) < 4.78 is 0. The molecule has 1 saturated carbocycles. The van der Waals surface area contributed by atoms with Gasteiger partial charge in [0.2, 0.25) is 0 Å². The van der Waals surface area contributed by atoms with Gasteiger partial charge in [-0.3, -0.25) is 0 Å². The van der Waals surface area contributed by atoms with E-state index < -0.39 is 0 Å². The van der Waals surface area contributed by atoms with Crippen molar-refractivity contribution in [3.05, 3.63) is 173 Å². The molecule has 11 rings (SSSR count). The van der Waals surface area contributed by atoms with Crippen molar-refractivity contribution in [2.24, 2.45) is 0 Å². The molecule has 4 heteroatoms. The van der Waals surface area contributed by atoms with Crippen molar-refractivity contribution in [3.63, 3.8) is 0 Å². The summed E-state index contributed by atoms with van der Waals surface area (Å²) in [5.74, 6) is 0. The zero-order valence-electron chi connectivity index (χ0n) is 48.0. The monoisotopic (exact) mass is 976 g/mol. The summed E-state index contributed by atoms with van der Waals surface area (Å²) in [6.07, 6.45) is 4.72. The van der Waals surface area contributed by atoms with Crippen molar-refractivity contribution in [3.8, 4) is 11.1 Å². The van der Waals surface area contributed by atoms with Crippen molar-refractivity contribution < 1.29 is 0 Å². The highest BCUT2D eigenvalue weighted by Gasteiger charge is 2.58. The predicted molar refractivity (Wildman–Crippen MR) is 322 cm³/mol. The number of hydrogen-bond donors (Lipinski definition) is 0. The first-order valence-electron chi connectivity index (χ1n) is 27.9. The number of hydrogen-bond acceptors (Lipinski definition) is 3. The molecule has 1 fully saturated rings. The predicted octanol–water partition coefficient (Wildman–Crippen LogP) is 17.7. The molecule has 7 aromatic carbocycles. The molecule has 3 aliphatic heterocycles. The Morgan fingerprint density at radius 3 is 1.18 bits per heavy atom. The van der Waals surface area contributed by atoms with Crippen LogP contribution in [0.4, 0.5) is 45.5 Å². The zero-order chi connectivity index (χ0) is 52.9. The SMILES string of the molecule is CC(C)(C)c1ccc(-c2ccc3c(c2)C2(C)CCCCC2(C)N3c2cc3c4c(c2)N(c2ccc(C(C)(C)C)cc2)c2ccc(C(C)(C)C)cc2B4c2cc(C(C)(C)C)ccc2N3c2ccc(C(C)(C)C)cc2)cc1. The zero-order valence-corrected chi connectivity index (χ0v) is 48.0. The Bertz CT molecular complexity index is 3180. The molecule has 1 aliphatic carbocycles. The molecule has 0 bridgehead atoms. The van der Waals surface area contributed by atoms with Crippen LogP contribution in [-0.4, -0.2) is 12.3 Å². The fourth-order valence-electron chi connectivity index (χ4n) is 13.3. The van der Waals surface area contributed by atoms with Crippen LogP contribution in [0.3, 0.4) is 0 Å². The van der Waals surface area contributed by atoms with Crippen LogP contribution in [-0.2, 0) is 32.5 Å². The van der Waals surface area contributed by atoms with Gasteiger partial charge in [-0.1, -0.05) is 202 Å². The average molecular weight is 976 g/mol. The molecule has 0 radical (unpaired) electrons. The van der Waals surface area contributed by atoms with Crippen LogP contribution in [0.1, 0.15) is 177 Å². The highest BCUT2D eigenvalue weighted by Crippen LogP contribution is 2.62. The van der Waals surface area contributed by atoms with Crippen LogP contribution in [0.15, 0.2) is 140 Å². The summed E-state index contributed by atoms with van der Waals surface area (Å²) in [6.45, 7) is 40.2. The molecule has 380 valence electrons. The van der Waals surface area contributed by atoms with Gasteiger partial charge >= 0.3 is 0 Å². The third-order valence-electron chi connectivity index (χ3n) is 18.2. The van der Waals surface area contributed by atoms with Gasteiger partial charge in [-0.25, -0.2) is 0 Å². The Hall–Kier alpha value is -6.00. The van der Waals surface area contributed by atoms with E-state index >= 15 is 0 Å². The van der Waals surface area contributed by atoms with Gasteiger partial charge in [-0.05, 0) is 168 Å². The lowest BCUT2D eigenvalue weighted by atomic mass is 9.33. The second-order valence-corrected chi connectivity index (χ2v) is 28.4. The fraction of sp³-hybridized carbons (Fsp3) is 0.400. The van der Waals surface area contributed by atoms with E-state index in [0.717, 1.165) is 12.8 Å². The summed E-state index contributed by atoms with van der Waals surface area (Å²) >= 11 is 0. The van der Waals surface area contributed by atoms with E-state index in [9.17, 15) is 0 Å². The lowest BCUT2D eigenvalue weighted by Crippen LogP contribution is -2.62. The maximum atomic E-state index is 2.82. The summed E-state index contributed by atoms with van der Waals surface area (Å²) in [5, 5.41) is 0. The molecule has 74 heavy (non-hydrogen) atoms. The van der Waals surface area contributed by atoms with Crippen molar-refractivity contribution in [2.45, 2.75) is 181 Å². The first-order chi connectivity index (χ1) is 34.6. The second-order valence-electron chi connectivity index (χ2n) is 28.4. The molecule has 0 amide bonds. The Morgan fingerprint density at radius 1 is 0.365 bits per heavy atom. The second kappa shape index (κ2) is 16.8. The lowest BCUT2D eigenvalue weighted by Gasteiger charge is -2.51. The maximum absolute atomic E-state index is 2.82. The number of anilines is 8. The van der Waals surface area contributed by atoms with E-state index in [0.29, 0.717) is 0 Å². The van der Waals surface area contributed by atoms with Crippen LogP contribution >= 0.6 is 0 Å². The van der Waals surface area contributed by atoms with Gasteiger partial charge in [0.25, 0.3) is 6.71 Å². The third-order valence-corrected chi connectivity index (χ3v) is 18.2. The van der Waals surface area contributed by atoms with Crippen molar-refractivity contribution in [2.75, 3.05) is 14.7 Å². The van der Waals surface area contributed by atoms with Crippen LogP contribution in [0, 0.1) is 0 Å². The topological polar surface area (TPSA) is 9.72 Å². The minimum atomic E-state index is -0.163. The maximum Gasteiger partial charge on any atom is 0.252 e. The Balaban J connectivity index is 1.23. The van der Waals surface area contributed by atoms with Gasteiger partial charge in [-0.2, -0.15) is 0 Å². The minimum Gasteiger partial charge on any atom is -0.334 e. The van der Waals surface area contributed by atoms with Crippen molar-refractivity contribution in [1.82, 2.24) is 0 Å². The number of benzene rings is 7. The van der Waals surface area contributed by atoms with Crippen LogP contribution in [0.5, 0.6) is 0 Å². The molecule has 0 saturated heterocycles. The third kappa shape index (κ3) is 7.98. The molecule has 7 aromatic rings. The Kier molecular flexibility index (Phi) is 11.4. The normalized spacial score (nSPS) is 19.5. The molecule has 0 aromatic heterocycles. The summed E-state index contributed by atoms with van der Waals surface area (Å²) in [6, 6.07) is 55.9. The van der Waals surface area contributed by atoms with E-state index in [1.807, 2.05) is 0 Å². The average Bonchev–Trinajstić information content (AvgIpc) is 3.61. The molecule has 0 N–H and O–H groups in total. The van der Waals surface area contributed by atoms with E-state index in [2.05, 4.69) is 272 Å². The minimum absolute atomic E-state index is 0.00692. The standard InChI is InChI=1S/C70H82BN3/c1-64(2,3)47-23-20-45(21-24-47)46-22-35-58-55(40-46)69(16)38-18-19-39-70(69,17)74(58)54-43-61-63-62(44-54)73(53-33-27-49(28-34-53)66(7,8)9)60-37-30-51(68(13,14)15)42-57(60)71(63)56-41-50(67(10,11)12)29-36-59(56)72(61)52-31-25-48(26-32-52)65(4,5)6/h20-37,40-44H,18-19,38-39H2,1-17H3. The smallest absolute Gasteiger partial charge is 0.252 e. The van der Waals surface area contributed by atoms with E-state index in [1.165, 1.54) is 119 Å². The highest BCUT2D eigenvalue weighted by atomic mass is 15.3. The number of rotatable bonds is 4. The molecule has 2 atom stereocenters. The van der Waals surface area contributed by atoms with Crippen molar-refractivity contribution >= 4 is 68.6 Å². The molecule has 3 nitrogen and oxygen atoms in total. The summed E-state index contributed by atoms with van der Waals surface area (Å²) in [7, 11) is 0. The van der Waals surface area contributed by atoms with Crippen LogP contribution in [0.2, 0.25) is 0 Å². The first-order valence-corrected chi connectivity index (χ1v) is 27.9. The van der Waals surface area contributed by atoms with Gasteiger partial charge < -0.3 is 14.7 Å². The van der Waals surface area contributed by atoms with E-state index in [4.69, 9.17) is 0 Å². The summed E-state index contributed by atoms with van der Waals surface area (Å²) in [4.78, 5) is 8.09. The Morgan fingerprint density at radius 2 is 0.743 bits per heavy atom. The number of fused-ring (bicyclic) bond motifs is 7. The van der Waals surface area contributed by atoms with Gasteiger partial charge in [0, 0.05) is 50.9 Å². The molecule has 3 heterocycles. The van der Waals surface area contributed by atoms with Gasteiger partial charge in [-0.15, -0.1) is 0 Å². The van der Waals surface area contributed by atoms with Crippen LogP contribution < -0.4 is 31.1 Å². The van der Waals surface area contributed by atoms with Gasteiger partial charge in [0.15, 0.2) is 0 Å². The van der Waals surface area contributed by atoms with E-state index in [1.54, 1.807) is 0 Å². The highest BCUT2D eigenvalue weighted by molar-refractivity contribution is 7.00. The first kappa shape index (κ1) is 50.2. The van der Waals surface area contributed by atoms with Crippen molar-refractivity contribution in [1.29, 1.82) is 0 Å². The number of nitrogens with zero attached hydrogens (tertiary/aromatic N) is 3. The van der Waals surface area contributed by atoms with E-state index in [-0.39, 0.29) is 44.7 Å². The molecule has 2 unspecified atom stereocenters. The Labute approximate surface area is 446 Å². The molecular weight excluding hydrogens is 894 g/mol. The molecular formula is C70H82BN3. The summed E-state index contributed by atoms with van der Waals surface area (Å²) in [5.41, 5.74) is 24.8. The molecule has 4 aliphatic rings. The quantitative estimate of drug-likeness (QED) is 0.163. The lowest BCUT2D eigenvalue weighted by molar-refractivity contribution is 0.195. The largest absolute Gasteiger partial charge is 0.334 e. The van der Waals surface area contributed by atoms with Crippen LogP contribution in [0.25, 0.3) is 11.1 Å². The molecule has 0 spiro atoms.